The van der Waals surface area contributed by atoms with Crippen LogP contribution in [-0.2, 0) is 11.4 Å². The Labute approximate surface area is 180 Å². The van der Waals surface area contributed by atoms with E-state index in [2.05, 4.69) is 27.9 Å². The van der Waals surface area contributed by atoms with Crippen LogP contribution in [0, 0.1) is 3.57 Å². The molecule has 1 aliphatic rings. The number of carbonyl (C=O) groups is 2. The van der Waals surface area contributed by atoms with E-state index in [1.54, 1.807) is 25.1 Å². The number of imide groups is 1. The number of urea groups is 1. The molecule has 3 rings (SSSR count). The van der Waals surface area contributed by atoms with Gasteiger partial charge in [-0.2, -0.15) is 0 Å². The Bertz CT molecular complexity index is 947. The van der Waals surface area contributed by atoms with Gasteiger partial charge in [0.25, 0.3) is 5.91 Å². The largest absolute Gasteiger partial charge is 0.488 e. The summed E-state index contributed by atoms with van der Waals surface area (Å²) >= 11 is 14.2. The molecule has 1 aliphatic heterocycles. The van der Waals surface area contributed by atoms with Gasteiger partial charge in [0, 0.05) is 22.2 Å². The molecule has 5 nitrogen and oxygen atoms in total. The van der Waals surface area contributed by atoms with E-state index in [1.807, 2.05) is 24.3 Å². The third kappa shape index (κ3) is 4.56. The van der Waals surface area contributed by atoms with Crippen LogP contribution in [0.1, 0.15) is 18.1 Å². The highest BCUT2D eigenvalue weighted by molar-refractivity contribution is 14.1. The lowest BCUT2D eigenvalue weighted by atomic mass is 10.2. The lowest BCUT2D eigenvalue weighted by Crippen LogP contribution is -2.30. The van der Waals surface area contributed by atoms with Gasteiger partial charge in [-0.05, 0) is 65.4 Å². The molecule has 0 atom stereocenters. The van der Waals surface area contributed by atoms with Crippen LogP contribution in [-0.4, -0.2) is 23.4 Å². The Morgan fingerprint density at radius 3 is 2.59 bits per heavy atom. The summed E-state index contributed by atoms with van der Waals surface area (Å²) in [4.78, 5) is 25.0. The molecule has 1 N–H and O–H groups in total. The standard InChI is InChI=1S/C19H15Cl2IN2O3/c1-2-24-18(25)16(23-19(24)26)8-11-3-6-17(15(22)7-11)27-10-12-4-5-13(20)9-14(12)21/h3-9H,2,10H2,1H3,(H,23,26)/b16-8+. The zero-order chi connectivity index (χ0) is 19.6. The molecule has 2 aromatic rings. The normalized spacial score (nSPS) is 15.4. The molecule has 0 spiro atoms. The third-order valence-corrected chi connectivity index (χ3v) is 5.37. The maximum Gasteiger partial charge on any atom is 0.328 e. The van der Waals surface area contributed by atoms with E-state index in [0.717, 1.165) is 19.6 Å². The Morgan fingerprint density at radius 2 is 1.96 bits per heavy atom. The molecular weight excluding hydrogens is 502 g/mol. The first-order valence-electron chi connectivity index (χ1n) is 8.10. The van der Waals surface area contributed by atoms with E-state index in [9.17, 15) is 9.59 Å². The van der Waals surface area contributed by atoms with Gasteiger partial charge < -0.3 is 10.1 Å². The molecule has 1 fully saturated rings. The number of carbonyl (C=O) groups excluding carboxylic acids is 2. The van der Waals surface area contributed by atoms with Gasteiger partial charge in [0.05, 0.1) is 3.57 Å². The number of benzene rings is 2. The molecule has 0 radical (unpaired) electrons. The smallest absolute Gasteiger partial charge is 0.328 e. The quantitative estimate of drug-likeness (QED) is 0.342. The number of rotatable bonds is 5. The maximum atomic E-state index is 12.1. The fourth-order valence-electron chi connectivity index (χ4n) is 2.54. The predicted molar refractivity (Wildman–Crippen MR) is 114 cm³/mol. The van der Waals surface area contributed by atoms with E-state index in [1.165, 1.54) is 0 Å². The number of nitrogens with zero attached hydrogens (tertiary/aromatic N) is 1. The highest BCUT2D eigenvalue weighted by atomic mass is 127. The summed E-state index contributed by atoms with van der Waals surface area (Å²) in [6, 6.07) is 10.4. The number of nitrogens with one attached hydrogen (secondary N) is 1. The van der Waals surface area contributed by atoms with Gasteiger partial charge in [0.2, 0.25) is 0 Å². The van der Waals surface area contributed by atoms with E-state index in [4.69, 9.17) is 27.9 Å². The predicted octanol–water partition coefficient (Wildman–Crippen LogP) is 5.09. The van der Waals surface area contributed by atoms with Crippen molar-refractivity contribution in [1.82, 2.24) is 10.2 Å². The summed E-state index contributed by atoms with van der Waals surface area (Å²) in [7, 11) is 0. The molecule has 0 aromatic heterocycles. The van der Waals surface area contributed by atoms with Gasteiger partial charge in [-0.25, -0.2) is 4.79 Å². The van der Waals surface area contributed by atoms with E-state index in [-0.39, 0.29) is 11.6 Å². The Kier molecular flexibility index (Phi) is 6.29. The average Bonchev–Trinajstić information content (AvgIpc) is 2.88. The molecule has 1 heterocycles. The fraction of sp³-hybridized carbons (Fsp3) is 0.158. The van der Waals surface area contributed by atoms with Crippen molar-refractivity contribution in [2.24, 2.45) is 0 Å². The first-order valence-corrected chi connectivity index (χ1v) is 9.93. The van der Waals surface area contributed by atoms with Crippen molar-refractivity contribution in [3.05, 3.63) is 66.8 Å². The van der Waals surface area contributed by atoms with Gasteiger partial charge in [-0.3, -0.25) is 9.69 Å². The van der Waals surface area contributed by atoms with Crippen molar-refractivity contribution >= 4 is 63.8 Å². The number of amides is 3. The SMILES string of the molecule is CCN1C(=O)N/C(=C/c2ccc(OCc3ccc(Cl)cc3Cl)c(I)c2)C1=O. The minimum absolute atomic E-state index is 0.263. The first-order chi connectivity index (χ1) is 12.9. The van der Waals surface area contributed by atoms with Crippen LogP contribution < -0.4 is 10.1 Å². The lowest BCUT2D eigenvalue weighted by molar-refractivity contribution is -0.122. The summed E-state index contributed by atoms with van der Waals surface area (Å²) in [5, 5.41) is 3.71. The molecule has 3 amide bonds. The number of hydrogen-bond acceptors (Lipinski definition) is 3. The zero-order valence-corrected chi connectivity index (χ0v) is 17.9. The summed E-state index contributed by atoms with van der Waals surface area (Å²) in [6.07, 6.45) is 1.65. The third-order valence-electron chi connectivity index (χ3n) is 3.94. The highest BCUT2D eigenvalue weighted by Gasteiger charge is 2.31. The van der Waals surface area contributed by atoms with Crippen LogP contribution in [0.5, 0.6) is 5.75 Å². The molecule has 2 aromatic carbocycles. The molecule has 0 aliphatic carbocycles. The van der Waals surface area contributed by atoms with Gasteiger partial charge in [0.1, 0.15) is 18.1 Å². The van der Waals surface area contributed by atoms with Crippen LogP contribution in [0.4, 0.5) is 4.79 Å². The second-order valence-electron chi connectivity index (χ2n) is 5.75. The molecular formula is C19H15Cl2IN2O3. The molecule has 140 valence electrons. The van der Waals surface area contributed by atoms with E-state index >= 15 is 0 Å². The molecule has 8 heteroatoms. The molecule has 0 unspecified atom stereocenters. The Balaban J connectivity index is 1.73. The first kappa shape index (κ1) is 20.0. The van der Waals surface area contributed by atoms with Crippen molar-refractivity contribution in [3.8, 4) is 5.75 Å². The fourth-order valence-corrected chi connectivity index (χ4v) is 3.70. The van der Waals surface area contributed by atoms with Crippen molar-refractivity contribution in [2.75, 3.05) is 6.54 Å². The van der Waals surface area contributed by atoms with Crippen LogP contribution in [0.25, 0.3) is 6.08 Å². The van der Waals surface area contributed by atoms with Crippen molar-refractivity contribution in [3.63, 3.8) is 0 Å². The second-order valence-corrected chi connectivity index (χ2v) is 7.76. The summed E-state index contributed by atoms with van der Waals surface area (Å²) < 4.78 is 6.71. The van der Waals surface area contributed by atoms with Gasteiger partial charge in [0.15, 0.2) is 0 Å². The minimum Gasteiger partial charge on any atom is -0.488 e. The lowest BCUT2D eigenvalue weighted by Gasteiger charge is -2.10. The van der Waals surface area contributed by atoms with Crippen LogP contribution in [0.15, 0.2) is 42.1 Å². The van der Waals surface area contributed by atoms with Gasteiger partial charge >= 0.3 is 6.03 Å². The van der Waals surface area contributed by atoms with E-state index < -0.39 is 6.03 Å². The number of likely N-dealkylation sites (N-methyl/N-ethyl adjacent to an activating group) is 1. The van der Waals surface area contributed by atoms with Gasteiger partial charge in [-0.15, -0.1) is 0 Å². The Morgan fingerprint density at radius 1 is 1.19 bits per heavy atom. The highest BCUT2D eigenvalue weighted by Crippen LogP contribution is 2.27. The summed E-state index contributed by atoms with van der Waals surface area (Å²) in [5.74, 6) is 0.371. The monoisotopic (exact) mass is 516 g/mol. The second kappa shape index (κ2) is 8.50. The van der Waals surface area contributed by atoms with Crippen LogP contribution in [0.3, 0.4) is 0 Å². The molecule has 0 bridgehead atoms. The zero-order valence-electron chi connectivity index (χ0n) is 14.3. The van der Waals surface area contributed by atoms with E-state index in [0.29, 0.717) is 28.9 Å². The van der Waals surface area contributed by atoms with Crippen LogP contribution in [0.2, 0.25) is 10.0 Å². The average molecular weight is 517 g/mol. The van der Waals surface area contributed by atoms with Crippen LogP contribution >= 0.6 is 45.8 Å². The topological polar surface area (TPSA) is 58.6 Å². The van der Waals surface area contributed by atoms with Gasteiger partial charge in [-0.1, -0.05) is 35.3 Å². The molecule has 27 heavy (non-hydrogen) atoms. The van der Waals surface area contributed by atoms with Crippen molar-refractivity contribution < 1.29 is 14.3 Å². The Hall–Kier alpha value is -1.77. The number of hydrogen-bond donors (Lipinski definition) is 1. The number of halogens is 3. The number of ether oxygens (including phenoxy) is 1. The maximum absolute atomic E-state index is 12.1. The summed E-state index contributed by atoms with van der Waals surface area (Å²) in [6.45, 7) is 2.40. The van der Waals surface area contributed by atoms with Crippen molar-refractivity contribution in [2.45, 2.75) is 13.5 Å². The minimum atomic E-state index is -0.400. The summed E-state index contributed by atoms with van der Waals surface area (Å²) in [5.41, 5.74) is 1.89. The van der Waals surface area contributed by atoms with Crippen molar-refractivity contribution in [1.29, 1.82) is 0 Å². The molecule has 0 saturated carbocycles. The molecule has 1 saturated heterocycles.